The maximum absolute atomic E-state index is 9.86. The molecule has 0 fully saturated rings. The van der Waals surface area contributed by atoms with Crippen molar-refractivity contribution in [1.82, 2.24) is 0 Å². The summed E-state index contributed by atoms with van der Waals surface area (Å²) in [5.74, 6) is 1.50. The molecule has 6 heteroatoms. The Kier molecular flexibility index (Phi) is 4.92. The first-order valence-corrected chi connectivity index (χ1v) is 7.87. The molecule has 2 rings (SSSR count). The topological polar surface area (TPSA) is 58.9 Å². The first-order valence-electron chi connectivity index (χ1n) is 5.72. The number of phenols is 2. The second-order valence-electron chi connectivity index (χ2n) is 3.83. The molecule has 20 heavy (non-hydrogen) atoms. The van der Waals surface area contributed by atoms with Crippen LogP contribution in [0.2, 0.25) is 0 Å². The van der Waals surface area contributed by atoms with Crippen molar-refractivity contribution in [2.75, 3.05) is 14.2 Å². The maximum atomic E-state index is 9.86. The highest BCUT2D eigenvalue weighted by molar-refractivity contribution is 8.76. The average Bonchev–Trinajstić information content (AvgIpc) is 2.46. The van der Waals surface area contributed by atoms with Crippen molar-refractivity contribution in [3.63, 3.8) is 0 Å². The van der Waals surface area contributed by atoms with E-state index in [-0.39, 0.29) is 11.5 Å². The van der Waals surface area contributed by atoms with Gasteiger partial charge in [-0.3, -0.25) is 0 Å². The molecule has 0 saturated heterocycles. The van der Waals surface area contributed by atoms with E-state index >= 15 is 0 Å². The van der Waals surface area contributed by atoms with Gasteiger partial charge in [0.25, 0.3) is 0 Å². The second-order valence-corrected chi connectivity index (χ2v) is 6.05. The van der Waals surface area contributed by atoms with Crippen LogP contribution in [-0.2, 0) is 0 Å². The Balaban J connectivity index is 2.09. The van der Waals surface area contributed by atoms with E-state index < -0.39 is 0 Å². The molecule has 0 bridgehead atoms. The first-order chi connectivity index (χ1) is 9.63. The predicted octanol–water partition coefficient (Wildman–Crippen LogP) is 3.91. The number of aromatic hydroxyl groups is 2. The van der Waals surface area contributed by atoms with E-state index in [9.17, 15) is 10.2 Å². The molecule has 0 aromatic heterocycles. The van der Waals surface area contributed by atoms with E-state index in [2.05, 4.69) is 0 Å². The van der Waals surface area contributed by atoms with Gasteiger partial charge >= 0.3 is 0 Å². The van der Waals surface area contributed by atoms with Crippen molar-refractivity contribution in [2.24, 2.45) is 0 Å². The molecule has 0 aliphatic rings. The largest absolute Gasteiger partial charge is 0.507 e. The Hall–Kier alpha value is -1.66. The molecule has 0 aliphatic heterocycles. The SMILES string of the molecule is COc1ccc(SSc2ccc(OC)cc2O)c(O)c1. The van der Waals surface area contributed by atoms with E-state index in [1.165, 1.54) is 21.6 Å². The fourth-order valence-corrected chi connectivity index (χ4v) is 3.58. The third kappa shape index (κ3) is 3.46. The Morgan fingerprint density at radius 3 is 1.45 bits per heavy atom. The second kappa shape index (κ2) is 6.67. The molecule has 0 amide bonds. The Morgan fingerprint density at radius 1 is 0.750 bits per heavy atom. The van der Waals surface area contributed by atoms with Crippen LogP contribution in [0.5, 0.6) is 23.0 Å². The molecule has 2 aromatic rings. The highest BCUT2D eigenvalue weighted by Crippen LogP contribution is 2.45. The lowest BCUT2D eigenvalue weighted by molar-refractivity contribution is 0.404. The van der Waals surface area contributed by atoms with Crippen molar-refractivity contribution >= 4 is 21.6 Å². The number of rotatable bonds is 5. The minimum atomic E-state index is 0.148. The fourth-order valence-electron chi connectivity index (χ4n) is 1.48. The number of hydrogen-bond donors (Lipinski definition) is 2. The lowest BCUT2D eigenvalue weighted by atomic mass is 10.3. The quantitative estimate of drug-likeness (QED) is 0.816. The minimum Gasteiger partial charge on any atom is -0.507 e. The zero-order valence-electron chi connectivity index (χ0n) is 11.0. The molecule has 0 aliphatic carbocycles. The van der Waals surface area contributed by atoms with Gasteiger partial charge in [-0.05, 0) is 45.9 Å². The predicted molar refractivity (Wildman–Crippen MR) is 81.0 cm³/mol. The van der Waals surface area contributed by atoms with E-state index in [4.69, 9.17) is 9.47 Å². The number of benzene rings is 2. The van der Waals surface area contributed by atoms with Gasteiger partial charge in [-0.2, -0.15) is 0 Å². The third-order valence-corrected chi connectivity index (χ3v) is 5.01. The zero-order chi connectivity index (χ0) is 14.5. The van der Waals surface area contributed by atoms with Crippen LogP contribution in [0, 0.1) is 0 Å². The fraction of sp³-hybridized carbons (Fsp3) is 0.143. The lowest BCUT2D eigenvalue weighted by Gasteiger charge is -2.08. The average molecular weight is 310 g/mol. The minimum absolute atomic E-state index is 0.148. The van der Waals surface area contributed by atoms with Gasteiger partial charge in [-0.1, -0.05) is 0 Å². The molecule has 0 heterocycles. The van der Waals surface area contributed by atoms with Gasteiger partial charge in [0.1, 0.15) is 23.0 Å². The number of hydrogen-bond acceptors (Lipinski definition) is 6. The van der Waals surface area contributed by atoms with Gasteiger partial charge in [0, 0.05) is 12.1 Å². The lowest BCUT2D eigenvalue weighted by Crippen LogP contribution is -1.83. The van der Waals surface area contributed by atoms with Crippen LogP contribution in [-0.4, -0.2) is 24.4 Å². The van der Waals surface area contributed by atoms with Gasteiger partial charge in [0.05, 0.1) is 24.0 Å². The van der Waals surface area contributed by atoms with Crippen LogP contribution in [0.3, 0.4) is 0 Å². The van der Waals surface area contributed by atoms with Crippen LogP contribution in [0.4, 0.5) is 0 Å². The first kappa shape index (κ1) is 14.7. The molecule has 4 nitrogen and oxygen atoms in total. The van der Waals surface area contributed by atoms with Crippen LogP contribution in [0.25, 0.3) is 0 Å². The van der Waals surface area contributed by atoms with Gasteiger partial charge in [-0.25, -0.2) is 0 Å². The summed E-state index contributed by atoms with van der Waals surface area (Å²) in [6, 6.07) is 10.2. The third-order valence-electron chi connectivity index (χ3n) is 2.55. The van der Waals surface area contributed by atoms with Gasteiger partial charge in [-0.15, -0.1) is 0 Å². The molecule has 0 unspecified atom stereocenters. The van der Waals surface area contributed by atoms with E-state index in [0.717, 1.165) is 0 Å². The number of methoxy groups -OCH3 is 2. The van der Waals surface area contributed by atoms with Crippen LogP contribution in [0.1, 0.15) is 0 Å². The van der Waals surface area contributed by atoms with Crippen LogP contribution >= 0.6 is 21.6 Å². The van der Waals surface area contributed by atoms with E-state index in [0.29, 0.717) is 21.3 Å². The Morgan fingerprint density at radius 2 is 1.15 bits per heavy atom. The van der Waals surface area contributed by atoms with E-state index in [1.54, 1.807) is 50.6 Å². The molecule has 106 valence electrons. The molecular weight excluding hydrogens is 296 g/mol. The van der Waals surface area contributed by atoms with Crippen molar-refractivity contribution in [2.45, 2.75) is 9.79 Å². The van der Waals surface area contributed by atoms with Crippen molar-refractivity contribution in [3.8, 4) is 23.0 Å². The van der Waals surface area contributed by atoms with Crippen LogP contribution < -0.4 is 9.47 Å². The molecule has 2 N–H and O–H groups in total. The normalized spacial score (nSPS) is 10.3. The summed E-state index contributed by atoms with van der Waals surface area (Å²) < 4.78 is 10.1. The molecule has 0 atom stereocenters. The smallest absolute Gasteiger partial charge is 0.133 e. The van der Waals surface area contributed by atoms with Crippen molar-refractivity contribution < 1.29 is 19.7 Å². The van der Waals surface area contributed by atoms with Gasteiger partial charge in [0.2, 0.25) is 0 Å². The molecular formula is C14H14O4S2. The maximum Gasteiger partial charge on any atom is 0.133 e. The van der Waals surface area contributed by atoms with Crippen LogP contribution in [0.15, 0.2) is 46.2 Å². The van der Waals surface area contributed by atoms with Gasteiger partial charge in [0.15, 0.2) is 0 Å². The molecule has 0 spiro atoms. The van der Waals surface area contributed by atoms with Crippen molar-refractivity contribution in [3.05, 3.63) is 36.4 Å². The Bertz CT molecular complexity index is 548. The van der Waals surface area contributed by atoms with Crippen molar-refractivity contribution in [1.29, 1.82) is 0 Å². The molecule has 2 aromatic carbocycles. The summed E-state index contributed by atoms with van der Waals surface area (Å²) in [6.07, 6.45) is 0. The highest BCUT2D eigenvalue weighted by atomic mass is 33.1. The standard InChI is InChI=1S/C14H14O4S2/c1-17-9-3-5-13(11(15)7-9)19-20-14-6-4-10(18-2)8-12(14)16/h3-8,15-16H,1-2H3. The zero-order valence-corrected chi connectivity index (χ0v) is 12.6. The molecule has 0 radical (unpaired) electrons. The summed E-state index contributed by atoms with van der Waals surface area (Å²) in [4.78, 5) is 1.40. The van der Waals surface area contributed by atoms with Gasteiger partial charge < -0.3 is 19.7 Å². The summed E-state index contributed by atoms with van der Waals surface area (Å²) in [5.41, 5.74) is 0. The number of phenolic OH excluding ortho intramolecular Hbond substituents is 2. The summed E-state index contributed by atoms with van der Waals surface area (Å²) in [6.45, 7) is 0. The monoisotopic (exact) mass is 310 g/mol. The molecule has 0 saturated carbocycles. The van der Waals surface area contributed by atoms with E-state index in [1.807, 2.05) is 0 Å². The summed E-state index contributed by atoms with van der Waals surface area (Å²) >= 11 is 0. The Labute approximate surface area is 125 Å². The summed E-state index contributed by atoms with van der Waals surface area (Å²) in [7, 11) is 5.81. The number of ether oxygens (including phenoxy) is 2. The highest BCUT2D eigenvalue weighted by Gasteiger charge is 2.08. The summed E-state index contributed by atoms with van der Waals surface area (Å²) in [5, 5.41) is 19.7.